The molecule has 4 heteroatoms. The second kappa shape index (κ2) is 12.2. The maximum absolute atomic E-state index is 16.2. The van der Waals surface area contributed by atoms with Crippen molar-refractivity contribution in [2.45, 2.75) is 13.3 Å². The Bertz CT molecular complexity index is 3220. The predicted molar refractivity (Wildman–Crippen MR) is 232 cm³/mol. The van der Waals surface area contributed by atoms with Crippen molar-refractivity contribution in [3.05, 3.63) is 188 Å². The largest absolute Gasteiger partial charge is 0.308 e. The van der Waals surface area contributed by atoms with E-state index in [1.54, 1.807) is 0 Å². The molecule has 0 saturated heterocycles. The van der Waals surface area contributed by atoms with Crippen LogP contribution in [0.2, 0.25) is 0 Å². The normalized spacial score (nSPS) is 14.9. The summed E-state index contributed by atoms with van der Waals surface area (Å²) in [7, 11) is -3.33. The lowest BCUT2D eigenvalue weighted by Crippen LogP contribution is -2.33. The average molecular weight is 723 g/mol. The molecule has 1 aromatic heterocycles. The van der Waals surface area contributed by atoms with Crippen molar-refractivity contribution in [2.75, 3.05) is 0 Å². The first-order valence-corrected chi connectivity index (χ1v) is 20.7. The summed E-state index contributed by atoms with van der Waals surface area (Å²) >= 11 is 0. The molecule has 1 unspecified atom stereocenters. The van der Waals surface area contributed by atoms with Gasteiger partial charge in [0.1, 0.15) is 5.82 Å². The maximum Gasteiger partial charge on any atom is 0.175 e. The second-order valence-corrected chi connectivity index (χ2v) is 17.2. The smallest absolute Gasteiger partial charge is 0.175 e. The quantitative estimate of drug-likeness (QED) is 0.131. The predicted octanol–water partition coefficient (Wildman–Crippen LogP) is 12.0. The summed E-state index contributed by atoms with van der Waals surface area (Å²) in [5.74, 6) is 0.971. The highest BCUT2D eigenvalue weighted by Crippen LogP contribution is 2.51. The zero-order valence-corrected chi connectivity index (χ0v) is 31.2. The molecule has 0 saturated carbocycles. The highest BCUT2D eigenvalue weighted by Gasteiger charge is 2.40. The summed E-state index contributed by atoms with van der Waals surface area (Å²) in [5, 5.41) is 9.66. The second-order valence-electron chi connectivity index (χ2n) is 14.5. The number of aryl methyl sites for hydroxylation is 1. The van der Waals surface area contributed by atoms with Gasteiger partial charge in [-0.05, 0) is 102 Å². The molecule has 0 N–H and O–H groups in total. The van der Waals surface area contributed by atoms with Crippen LogP contribution in [0.5, 0.6) is 0 Å². The van der Waals surface area contributed by atoms with Gasteiger partial charge in [0.15, 0.2) is 7.14 Å². The number of imidazole rings is 1. The first-order chi connectivity index (χ1) is 27.1. The highest BCUT2D eigenvalue weighted by atomic mass is 31.2. The molecule has 0 spiro atoms. The molecule has 0 amide bonds. The first-order valence-electron chi connectivity index (χ1n) is 19.0. The number of aromatic nitrogens is 2. The number of para-hydroxylation sites is 1. The van der Waals surface area contributed by atoms with E-state index in [9.17, 15) is 0 Å². The molecule has 0 radical (unpaired) electrons. The van der Waals surface area contributed by atoms with Gasteiger partial charge in [-0.3, -0.25) is 4.57 Å². The molecule has 0 fully saturated rings. The summed E-state index contributed by atoms with van der Waals surface area (Å²) in [6.45, 7) is 2.14. The third-order valence-electron chi connectivity index (χ3n) is 11.5. The Hall–Kier alpha value is -6.54. The topological polar surface area (TPSA) is 34.9 Å². The summed E-state index contributed by atoms with van der Waals surface area (Å²) < 4.78 is 18.5. The van der Waals surface area contributed by atoms with Gasteiger partial charge in [0.05, 0.1) is 16.7 Å². The van der Waals surface area contributed by atoms with E-state index < -0.39 is 7.14 Å². The van der Waals surface area contributed by atoms with Crippen LogP contribution >= 0.6 is 7.14 Å². The molecule has 1 aliphatic rings. The Morgan fingerprint density at radius 2 is 1.13 bits per heavy atom. The number of nitrogens with zero attached hydrogens (tertiary/aromatic N) is 2. The minimum Gasteiger partial charge on any atom is -0.308 e. The standard InChI is InChI=1S/C51H35N2OP/c1-2-48-52-44-22-13-23-46-51(44)53(48)45-29-27-38(32-47(45)55(46,54)39-18-7-4-8-19-39)50-41-21-12-11-20-40(41)49(37-25-24-34-16-9-10-17-35(34)30-37)42-28-26-36(31-43(42)50)33-14-5-3-6-15-33/h3-32H,2H2,1H3. The van der Waals surface area contributed by atoms with E-state index in [0.29, 0.717) is 0 Å². The molecule has 3 nitrogen and oxygen atoms in total. The summed E-state index contributed by atoms with van der Waals surface area (Å²) in [4.78, 5) is 5.06. The van der Waals surface area contributed by atoms with Gasteiger partial charge in [0.25, 0.3) is 0 Å². The van der Waals surface area contributed by atoms with Gasteiger partial charge < -0.3 is 4.57 Å². The summed E-state index contributed by atoms with van der Waals surface area (Å²) in [6.07, 6.45) is 0.763. The average Bonchev–Trinajstić information content (AvgIpc) is 3.64. The van der Waals surface area contributed by atoms with E-state index in [-0.39, 0.29) is 0 Å². The van der Waals surface area contributed by atoms with E-state index in [4.69, 9.17) is 4.98 Å². The van der Waals surface area contributed by atoms with Gasteiger partial charge in [0, 0.05) is 22.3 Å². The van der Waals surface area contributed by atoms with Crippen LogP contribution in [-0.2, 0) is 11.0 Å². The van der Waals surface area contributed by atoms with Crippen LogP contribution in [0.25, 0.3) is 82.4 Å². The number of rotatable bonds is 5. The summed E-state index contributed by atoms with van der Waals surface area (Å²) in [5.41, 5.74) is 9.69. The molecule has 11 rings (SSSR count). The van der Waals surface area contributed by atoms with Gasteiger partial charge in [-0.15, -0.1) is 0 Å². The molecule has 0 aliphatic carbocycles. The van der Waals surface area contributed by atoms with E-state index in [2.05, 4.69) is 151 Å². The number of fused-ring (bicyclic) bond motifs is 5. The van der Waals surface area contributed by atoms with Crippen molar-refractivity contribution >= 4 is 66.4 Å². The van der Waals surface area contributed by atoms with Crippen LogP contribution in [0.3, 0.4) is 0 Å². The SMILES string of the molecule is CCc1nc2cccc3c2n1-c1ccc(-c2c4ccccc4c(-c4ccc5ccccc5c4)c4ccc(-c5ccccc5)cc24)cc1P3(=O)c1ccccc1. The lowest BCUT2D eigenvalue weighted by atomic mass is 9.84. The van der Waals surface area contributed by atoms with Crippen molar-refractivity contribution in [1.82, 2.24) is 9.55 Å². The Morgan fingerprint density at radius 3 is 1.91 bits per heavy atom. The van der Waals surface area contributed by atoms with E-state index in [1.165, 1.54) is 38.2 Å². The van der Waals surface area contributed by atoms with Crippen LogP contribution in [0.15, 0.2) is 182 Å². The molecule has 0 bridgehead atoms. The first kappa shape index (κ1) is 31.9. The van der Waals surface area contributed by atoms with Gasteiger partial charge in [-0.25, -0.2) is 4.98 Å². The molecule has 55 heavy (non-hydrogen) atoms. The van der Waals surface area contributed by atoms with Gasteiger partial charge in [-0.1, -0.05) is 153 Å². The molecule has 9 aromatic carbocycles. The van der Waals surface area contributed by atoms with Crippen molar-refractivity contribution in [3.8, 4) is 39.1 Å². The third-order valence-corrected chi connectivity index (χ3v) is 14.6. The molecular formula is C51H35N2OP. The monoisotopic (exact) mass is 722 g/mol. The molecule has 1 aliphatic heterocycles. The van der Waals surface area contributed by atoms with Crippen LogP contribution < -0.4 is 15.9 Å². The fraction of sp³-hybridized carbons (Fsp3) is 0.0392. The minimum absolute atomic E-state index is 0.763. The fourth-order valence-corrected chi connectivity index (χ4v) is 12.1. The van der Waals surface area contributed by atoms with Crippen molar-refractivity contribution < 1.29 is 4.57 Å². The lowest BCUT2D eigenvalue weighted by Gasteiger charge is -2.30. The summed E-state index contributed by atoms with van der Waals surface area (Å²) in [6, 6.07) is 64.5. The third kappa shape index (κ3) is 4.70. The van der Waals surface area contributed by atoms with Gasteiger partial charge in [0.2, 0.25) is 0 Å². The Balaban J connectivity index is 1.26. The Morgan fingerprint density at radius 1 is 0.491 bits per heavy atom. The van der Waals surface area contributed by atoms with Crippen LogP contribution in [0.1, 0.15) is 12.7 Å². The van der Waals surface area contributed by atoms with Crippen molar-refractivity contribution in [2.24, 2.45) is 0 Å². The van der Waals surface area contributed by atoms with Crippen LogP contribution in [-0.4, -0.2) is 9.55 Å². The number of hydrogen-bond acceptors (Lipinski definition) is 2. The number of hydrogen-bond donors (Lipinski definition) is 0. The lowest BCUT2D eigenvalue weighted by molar-refractivity contribution is 0.592. The number of benzene rings is 9. The van der Waals surface area contributed by atoms with Gasteiger partial charge >= 0.3 is 0 Å². The zero-order valence-electron chi connectivity index (χ0n) is 30.3. The highest BCUT2D eigenvalue weighted by molar-refractivity contribution is 7.86. The molecule has 10 aromatic rings. The Labute approximate surface area is 319 Å². The molecule has 1 atom stereocenters. The fourth-order valence-electron chi connectivity index (χ4n) is 9.03. The minimum atomic E-state index is -3.33. The molecule has 260 valence electrons. The zero-order chi connectivity index (χ0) is 36.7. The molecular weight excluding hydrogens is 688 g/mol. The van der Waals surface area contributed by atoms with E-state index >= 15 is 4.57 Å². The van der Waals surface area contributed by atoms with Crippen molar-refractivity contribution in [1.29, 1.82) is 0 Å². The van der Waals surface area contributed by atoms with E-state index in [1.807, 2.05) is 42.5 Å². The maximum atomic E-state index is 16.2. The van der Waals surface area contributed by atoms with Crippen LogP contribution in [0, 0.1) is 0 Å². The van der Waals surface area contributed by atoms with Crippen molar-refractivity contribution in [3.63, 3.8) is 0 Å². The van der Waals surface area contributed by atoms with E-state index in [0.717, 1.165) is 72.3 Å². The van der Waals surface area contributed by atoms with Gasteiger partial charge in [-0.2, -0.15) is 0 Å². The van der Waals surface area contributed by atoms with Crippen LogP contribution in [0.4, 0.5) is 0 Å². The Kier molecular flexibility index (Phi) is 7.11. The molecule has 2 heterocycles.